The number of rotatable bonds is 2. The van der Waals surface area contributed by atoms with Gasteiger partial charge in [-0.1, -0.05) is 33.3 Å². The van der Waals surface area contributed by atoms with Crippen LogP contribution in [0.4, 0.5) is 0 Å². The maximum absolute atomic E-state index is 12.2. The molecule has 0 aromatic carbocycles. The summed E-state index contributed by atoms with van der Waals surface area (Å²) in [7, 11) is 0. The van der Waals surface area contributed by atoms with Crippen LogP contribution in [-0.2, 0) is 14.3 Å². The van der Waals surface area contributed by atoms with Crippen molar-refractivity contribution in [3.8, 4) is 0 Å². The molecule has 0 heterocycles. The SMILES string of the molecule is CCC(=O)O[C@H]1C2C(C)C2C2C3C4CC4C4=CC(=O)CC[C@]4(C)C3CC[C@@]21C. The summed E-state index contributed by atoms with van der Waals surface area (Å²) in [4.78, 5) is 24.4. The zero-order valence-corrected chi connectivity index (χ0v) is 17.7. The minimum atomic E-state index is -0.0113. The van der Waals surface area contributed by atoms with Crippen LogP contribution >= 0.6 is 0 Å². The van der Waals surface area contributed by atoms with E-state index in [4.69, 9.17) is 4.74 Å². The molecule has 6 aliphatic rings. The topological polar surface area (TPSA) is 43.4 Å². The molecule has 0 radical (unpaired) electrons. The first-order valence-electron chi connectivity index (χ1n) is 11.8. The van der Waals surface area contributed by atoms with Gasteiger partial charge in [0.05, 0.1) is 0 Å². The van der Waals surface area contributed by atoms with E-state index in [2.05, 4.69) is 26.8 Å². The van der Waals surface area contributed by atoms with Crippen molar-refractivity contribution in [2.45, 2.75) is 72.3 Å². The number of ketones is 1. The number of allylic oxidation sites excluding steroid dienone is 1. The first kappa shape index (κ1) is 17.7. The molecule has 0 aliphatic heterocycles. The standard InChI is InChI=1S/C25H34O3/c1-5-18(27)28-23-20-12(2)19(20)22-21-15-11-14(15)17-10-13(26)6-8-24(17,3)16(21)7-9-25(22,23)4/h10,12,14-16,19-23H,5-9,11H2,1-4H3/t12?,14?,15?,16?,19?,20?,21?,22?,23-,24+,25-/m0/s1. The van der Waals surface area contributed by atoms with Gasteiger partial charge >= 0.3 is 5.97 Å². The maximum Gasteiger partial charge on any atom is 0.305 e. The predicted octanol–water partition coefficient (Wildman–Crippen LogP) is 4.80. The molecule has 0 spiro atoms. The van der Waals surface area contributed by atoms with Crippen LogP contribution in [0.2, 0.25) is 0 Å². The Hall–Kier alpha value is -1.12. The fourth-order valence-electron chi connectivity index (χ4n) is 9.16. The third-order valence-electron chi connectivity index (χ3n) is 10.5. The van der Waals surface area contributed by atoms with Gasteiger partial charge in [0.15, 0.2) is 5.78 Å². The van der Waals surface area contributed by atoms with Crippen LogP contribution in [0, 0.1) is 58.2 Å². The van der Waals surface area contributed by atoms with E-state index in [0.717, 1.165) is 36.5 Å². The van der Waals surface area contributed by atoms with Crippen molar-refractivity contribution in [1.82, 2.24) is 0 Å². The third-order valence-corrected chi connectivity index (χ3v) is 10.5. The average Bonchev–Trinajstić information content (AvgIpc) is 3.55. The van der Waals surface area contributed by atoms with Crippen LogP contribution in [0.25, 0.3) is 0 Å². The number of carbonyl (C=O) groups excluding carboxylic acids is 2. The molecule has 6 rings (SSSR count). The summed E-state index contributed by atoms with van der Waals surface area (Å²) in [5.41, 5.74) is 1.93. The Morgan fingerprint density at radius 1 is 1.21 bits per heavy atom. The Kier molecular flexibility index (Phi) is 3.37. The first-order chi connectivity index (χ1) is 13.3. The average molecular weight is 383 g/mol. The summed E-state index contributed by atoms with van der Waals surface area (Å²) in [5.74, 6) is 6.09. The third kappa shape index (κ3) is 1.97. The molecule has 152 valence electrons. The lowest BCUT2D eigenvalue weighted by atomic mass is 9.46. The Morgan fingerprint density at radius 2 is 2.00 bits per heavy atom. The number of ether oxygens (including phenoxy) is 1. The number of hydrogen-bond donors (Lipinski definition) is 0. The molecule has 3 heteroatoms. The molecule has 6 aliphatic carbocycles. The van der Waals surface area contributed by atoms with E-state index >= 15 is 0 Å². The van der Waals surface area contributed by atoms with E-state index in [-0.39, 0.29) is 22.9 Å². The second kappa shape index (κ2) is 5.32. The summed E-state index contributed by atoms with van der Waals surface area (Å²) >= 11 is 0. The highest BCUT2D eigenvalue weighted by molar-refractivity contribution is 5.92. The zero-order valence-electron chi connectivity index (χ0n) is 17.7. The Bertz CT molecular complexity index is 798. The lowest BCUT2D eigenvalue weighted by Crippen LogP contribution is -2.54. The Labute approximate surface area is 168 Å². The number of esters is 1. The summed E-state index contributed by atoms with van der Waals surface area (Å²) in [6.07, 6.45) is 8.21. The van der Waals surface area contributed by atoms with Crippen LogP contribution in [-0.4, -0.2) is 17.9 Å². The highest BCUT2D eigenvalue weighted by Crippen LogP contribution is 2.79. The van der Waals surface area contributed by atoms with E-state index in [1.165, 1.54) is 24.8 Å². The van der Waals surface area contributed by atoms with Gasteiger partial charge in [0, 0.05) is 24.2 Å². The number of carbonyl (C=O) groups is 2. The van der Waals surface area contributed by atoms with Gasteiger partial charge in [-0.2, -0.15) is 0 Å². The lowest BCUT2D eigenvalue weighted by molar-refractivity contribution is -0.165. The van der Waals surface area contributed by atoms with Crippen LogP contribution in [0.15, 0.2) is 11.6 Å². The summed E-state index contributed by atoms with van der Waals surface area (Å²) in [6, 6.07) is 0. The molecule has 0 bridgehead atoms. The van der Waals surface area contributed by atoms with Crippen molar-refractivity contribution in [1.29, 1.82) is 0 Å². The Balaban J connectivity index is 1.39. The van der Waals surface area contributed by atoms with Gasteiger partial charge in [-0.15, -0.1) is 0 Å². The number of hydrogen-bond acceptors (Lipinski definition) is 3. The number of fused-ring (bicyclic) bond motifs is 10. The van der Waals surface area contributed by atoms with E-state index in [1.807, 2.05) is 6.92 Å². The van der Waals surface area contributed by atoms with Gasteiger partial charge in [-0.3, -0.25) is 9.59 Å². The predicted molar refractivity (Wildman–Crippen MR) is 106 cm³/mol. The largest absolute Gasteiger partial charge is 0.461 e. The highest BCUT2D eigenvalue weighted by Gasteiger charge is 2.77. The van der Waals surface area contributed by atoms with Crippen molar-refractivity contribution in [3.05, 3.63) is 11.6 Å². The van der Waals surface area contributed by atoms with Crippen molar-refractivity contribution in [3.63, 3.8) is 0 Å². The molecule has 28 heavy (non-hydrogen) atoms. The summed E-state index contributed by atoms with van der Waals surface area (Å²) < 4.78 is 6.14. The van der Waals surface area contributed by atoms with Crippen molar-refractivity contribution in [2.75, 3.05) is 0 Å². The minimum Gasteiger partial charge on any atom is -0.461 e. The van der Waals surface area contributed by atoms with E-state index in [9.17, 15) is 9.59 Å². The van der Waals surface area contributed by atoms with Crippen molar-refractivity contribution >= 4 is 11.8 Å². The second-order valence-corrected chi connectivity index (χ2v) is 11.5. The normalized spacial score (nSPS) is 57.8. The molecule has 5 fully saturated rings. The van der Waals surface area contributed by atoms with Gasteiger partial charge in [-0.25, -0.2) is 0 Å². The molecule has 0 aromatic rings. The van der Waals surface area contributed by atoms with Gasteiger partial charge in [-0.05, 0) is 78.6 Å². The first-order valence-corrected chi connectivity index (χ1v) is 11.8. The molecule has 5 saturated carbocycles. The van der Waals surface area contributed by atoms with E-state index < -0.39 is 0 Å². The molecule has 0 saturated heterocycles. The van der Waals surface area contributed by atoms with Crippen LogP contribution < -0.4 is 0 Å². The van der Waals surface area contributed by atoms with E-state index in [0.29, 0.717) is 35.9 Å². The van der Waals surface area contributed by atoms with E-state index in [1.54, 1.807) is 0 Å². The molecule has 0 N–H and O–H groups in total. The molecular formula is C25H34O3. The smallest absolute Gasteiger partial charge is 0.305 e. The molecule has 11 atom stereocenters. The van der Waals surface area contributed by atoms with Crippen molar-refractivity contribution < 1.29 is 14.3 Å². The van der Waals surface area contributed by atoms with Crippen LogP contribution in [0.3, 0.4) is 0 Å². The fourth-order valence-corrected chi connectivity index (χ4v) is 9.16. The van der Waals surface area contributed by atoms with Crippen LogP contribution in [0.5, 0.6) is 0 Å². The van der Waals surface area contributed by atoms with Gasteiger partial charge in [0.1, 0.15) is 6.10 Å². The zero-order chi connectivity index (χ0) is 19.6. The second-order valence-electron chi connectivity index (χ2n) is 11.5. The highest BCUT2D eigenvalue weighted by atomic mass is 16.5. The summed E-state index contributed by atoms with van der Waals surface area (Å²) in [5, 5.41) is 0. The molecule has 3 nitrogen and oxygen atoms in total. The van der Waals surface area contributed by atoms with Gasteiger partial charge < -0.3 is 4.74 Å². The van der Waals surface area contributed by atoms with Gasteiger partial charge in [0.25, 0.3) is 0 Å². The quantitative estimate of drug-likeness (QED) is 0.645. The molecular weight excluding hydrogens is 348 g/mol. The Morgan fingerprint density at radius 3 is 2.75 bits per heavy atom. The fraction of sp³-hybridized carbons (Fsp3) is 0.840. The van der Waals surface area contributed by atoms with Gasteiger partial charge in [0.2, 0.25) is 0 Å². The van der Waals surface area contributed by atoms with Crippen LogP contribution in [0.1, 0.15) is 66.2 Å². The van der Waals surface area contributed by atoms with Crippen molar-refractivity contribution in [2.24, 2.45) is 58.2 Å². The monoisotopic (exact) mass is 382 g/mol. The minimum absolute atomic E-state index is 0.0113. The molecule has 8 unspecified atom stereocenters. The molecule has 0 amide bonds. The molecule has 0 aromatic heterocycles. The lowest BCUT2D eigenvalue weighted by Gasteiger charge is -2.58. The summed E-state index contributed by atoms with van der Waals surface area (Å²) in [6.45, 7) is 9.25. The maximum atomic E-state index is 12.2.